The fourth-order valence-corrected chi connectivity index (χ4v) is 4.01. The van der Waals surface area contributed by atoms with Gasteiger partial charge in [0.15, 0.2) is 0 Å². The Balaban J connectivity index is 1.97. The van der Waals surface area contributed by atoms with Crippen LogP contribution in [0.15, 0.2) is 45.3 Å². The molecule has 0 saturated carbocycles. The minimum atomic E-state index is -0.0756. The van der Waals surface area contributed by atoms with Gasteiger partial charge in [-0.15, -0.1) is 0 Å². The first-order valence-corrected chi connectivity index (χ1v) is 8.06. The van der Waals surface area contributed by atoms with E-state index in [1.165, 1.54) is 36.0 Å². The summed E-state index contributed by atoms with van der Waals surface area (Å²) in [5, 5.41) is 0. The Kier molecular flexibility index (Phi) is 3.79. The molecule has 0 aliphatic heterocycles. The molecule has 1 unspecified atom stereocenters. The predicted octanol–water partition coefficient (Wildman–Crippen LogP) is 4.75. The van der Waals surface area contributed by atoms with Crippen molar-refractivity contribution in [2.75, 3.05) is 0 Å². The lowest BCUT2D eigenvalue weighted by Gasteiger charge is -2.16. The van der Waals surface area contributed by atoms with Gasteiger partial charge in [-0.2, -0.15) is 0 Å². The third-order valence-corrected chi connectivity index (χ3v) is 4.96. The van der Waals surface area contributed by atoms with Crippen LogP contribution in [0, 0.1) is 0 Å². The van der Waals surface area contributed by atoms with E-state index < -0.39 is 0 Å². The molecular formula is C16H15Br2N. The molecule has 0 saturated heterocycles. The molecule has 98 valence electrons. The van der Waals surface area contributed by atoms with Crippen LogP contribution in [-0.2, 0) is 12.8 Å². The van der Waals surface area contributed by atoms with Gasteiger partial charge in [-0.3, -0.25) is 0 Å². The maximum atomic E-state index is 6.42. The standard InChI is InChI=1S/C16H15Br2N/c17-13-6-7-14(15(18)9-13)16(19)12-5-4-10-2-1-3-11(10)8-12/h4-9,16H,1-3,19H2. The van der Waals surface area contributed by atoms with E-state index >= 15 is 0 Å². The van der Waals surface area contributed by atoms with Gasteiger partial charge in [0.2, 0.25) is 0 Å². The van der Waals surface area contributed by atoms with Gasteiger partial charge in [0.25, 0.3) is 0 Å². The maximum Gasteiger partial charge on any atom is 0.0562 e. The van der Waals surface area contributed by atoms with Gasteiger partial charge in [0, 0.05) is 8.95 Å². The third-order valence-electron chi connectivity index (χ3n) is 3.78. The summed E-state index contributed by atoms with van der Waals surface area (Å²) in [5.74, 6) is 0. The van der Waals surface area contributed by atoms with E-state index in [4.69, 9.17) is 5.73 Å². The molecule has 2 aromatic rings. The Labute approximate surface area is 130 Å². The second kappa shape index (κ2) is 5.39. The van der Waals surface area contributed by atoms with E-state index in [1.807, 2.05) is 12.1 Å². The zero-order chi connectivity index (χ0) is 13.4. The van der Waals surface area contributed by atoms with Crippen molar-refractivity contribution in [3.8, 4) is 0 Å². The molecule has 0 heterocycles. The molecule has 0 fully saturated rings. The molecule has 1 nitrogen and oxygen atoms in total. The van der Waals surface area contributed by atoms with Crippen LogP contribution in [0.2, 0.25) is 0 Å². The predicted molar refractivity (Wildman–Crippen MR) is 86.3 cm³/mol. The SMILES string of the molecule is NC(c1ccc2c(c1)CCC2)c1ccc(Br)cc1Br. The molecule has 3 heteroatoms. The highest BCUT2D eigenvalue weighted by atomic mass is 79.9. The van der Waals surface area contributed by atoms with Crippen LogP contribution in [0.25, 0.3) is 0 Å². The molecule has 3 rings (SSSR count). The number of hydrogen-bond acceptors (Lipinski definition) is 1. The Bertz CT molecular complexity index is 622. The summed E-state index contributed by atoms with van der Waals surface area (Å²) in [5.41, 5.74) is 11.7. The van der Waals surface area contributed by atoms with Crippen LogP contribution >= 0.6 is 31.9 Å². The van der Waals surface area contributed by atoms with Gasteiger partial charge in [-0.1, -0.05) is 56.1 Å². The quantitative estimate of drug-likeness (QED) is 0.799. The number of rotatable bonds is 2. The molecule has 2 aromatic carbocycles. The van der Waals surface area contributed by atoms with Gasteiger partial charge in [0.1, 0.15) is 0 Å². The molecule has 0 spiro atoms. The van der Waals surface area contributed by atoms with Crippen LogP contribution in [0.4, 0.5) is 0 Å². The number of aryl methyl sites for hydroxylation is 2. The van der Waals surface area contributed by atoms with Crippen molar-refractivity contribution in [1.29, 1.82) is 0 Å². The number of halogens is 2. The average Bonchev–Trinajstić information content (AvgIpc) is 2.85. The van der Waals surface area contributed by atoms with Crippen molar-refractivity contribution in [2.45, 2.75) is 25.3 Å². The molecule has 0 aromatic heterocycles. The third kappa shape index (κ3) is 2.64. The summed E-state index contributed by atoms with van der Waals surface area (Å²) in [6, 6.07) is 12.8. The van der Waals surface area contributed by atoms with Crippen molar-refractivity contribution in [2.24, 2.45) is 5.73 Å². The van der Waals surface area contributed by atoms with Crippen molar-refractivity contribution in [3.63, 3.8) is 0 Å². The molecule has 2 N–H and O–H groups in total. The van der Waals surface area contributed by atoms with Gasteiger partial charge in [-0.05, 0) is 53.6 Å². The topological polar surface area (TPSA) is 26.0 Å². The Morgan fingerprint density at radius 1 is 0.947 bits per heavy atom. The Morgan fingerprint density at radius 3 is 2.53 bits per heavy atom. The Morgan fingerprint density at radius 2 is 1.74 bits per heavy atom. The van der Waals surface area contributed by atoms with Gasteiger partial charge < -0.3 is 5.73 Å². The molecule has 19 heavy (non-hydrogen) atoms. The number of hydrogen-bond donors (Lipinski definition) is 1. The van der Waals surface area contributed by atoms with Crippen LogP contribution in [0.1, 0.15) is 34.7 Å². The summed E-state index contributed by atoms with van der Waals surface area (Å²) in [7, 11) is 0. The minimum Gasteiger partial charge on any atom is -0.320 e. The molecule has 1 aliphatic rings. The summed E-state index contributed by atoms with van der Waals surface area (Å²) in [6.07, 6.45) is 3.68. The molecule has 0 bridgehead atoms. The van der Waals surface area contributed by atoms with E-state index in [2.05, 4.69) is 56.1 Å². The second-order valence-corrected chi connectivity index (χ2v) is 6.80. The minimum absolute atomic E-state index is 0.0756. The number of fused-ring (bicyclic) bond motifs is 1. The van der Waals surface area contributed by atoms with Gasteiger partial charge >= 0.3 is 0 Å². The van der Waals surface area contributed by atoms with Crippen LogP contribution in [0.5, 0.6) is 0 Å². The highest BCUT2D eigenvalue weighted by molar-refractivity contribution is 9.11. The van der Waals surface area contributed by atoms with Crippen molar-refractivity contribution < 1.29 is 0 Å². The van der Waals surface area contributed by atoms with Crippen LogP contribution in [-0.4, -0.2) is 0 Å². The largest absolute Gasteiger partial charge is 0.320 e. The fraction of sp³-hybridized carbons (Fsp3) is 0.250. The average molecular weight is 381 g/mol. The van der Waals surface area contributed by atoms with E-state index in [1.54, 1.807) is 0 Å². The molecule has 0 amide bonds. The molecule has 1 aliphatic carbocycles. The zero-order valence-corrected chi connectivity index (χ0v) is 13.7. The summed E-state index contributed by atoms with van der Waals surface area (Å²) in [4.78, 5) is 0. The lowest BCUT2D eigenvalue weighted by Crippen LogP contribution is -2.12. The number of nitrogens with two attached hydrogens (primary N) is 1. The monoisotopic (exact) mass is 379 g/mol. The van der Waals surface area contributed by atoms with Crippen LogP contribution < -0.4 is 5.73 Å². The van der Waals surface area contributed by atoms with Crippen molar-refractivity contribution in [3.05, 3.63) is 67.6 Å². The van der Waals surface area contributed by atoms with E-state index in [9.17, 15) is 0 Å². The first-order valence-electron chi connectivity index (χ1n) is 6.47. The maximum absolute atomic E-state index is 6.42. The summed E-state index contributed by atoms with van der Waals surface area (Å²) >= 11 is 7.07. The second-order valence-electron chi connectivity index (χ2n) is 5.03. The normalized spacial score (nSPS) is 15.3. The van der Waals surface area contributed by atoms with E-state index in [0.717, 1.165) is 14.5 Å². The smallest absolute Gasteiger partial charge is 0.0562 e. The zero-order valence-electron chi connectivity index (χ0n) is 10.5. The first kappa shape index (κ1) is 13.3. The fourth-order valence-electron chi connectivity index (χ4n) is 2.72. The number of benzene rings is 2. The first-order chi connectivity index (χ1) is 9.15. The van der Waals surface area contributed by atoms with E-state index in [-0.39, 0.29) is 6.04 Å². The van der Waals surface area contributed by atoms with Crippen LogP contribution in [0.3, 0.4) is 0 Å². The summed E-state index contributed by atoms with van der Waals surface area (Å²) in [6.45, 7) is 0. The molecule has 0 radical (unpaired) electrons. The highest BCUT2D eigenvalue weighted by Gasteiger charge is 2.16. The van der Waals surface area contributed by atoms with E-state index in [0.29, 0.717) is 0 Å². The summed E-state index contributed by atoms with van der Waals surface area (Å²) < 4.78 is 2.11. The molecule has 1 atom stereocenters. The lowest BCUT2D eigenvalue weighted by molar-refractivity contribution is 0.861. The van der Waals surface area contributed by atoms with Gasteiger partial charge in [0.05, 0.1) is 6.04 Å². The van der Waals surface area contributed by atoms with Gasteiger partial charge in [-0.25, -0.2) is 0 Å². The van der Waals surface area contributed by atoms with Crippen molar-refractivity contribution in [1.82, 2.24) is 0 Å². The molecular weight excluding hydrogens is 366 g/mol. The lowest BCUT2D eigenvalue weighted by atomic mass is 9.96. The highest BCUT2D eigenvalue weighted by Crippen LogP contribution is 2.31. The van der Waals surface area contributed by atoms with Crippen molar-refractivity contribution >= 4 is 31.9 Å². The Hall–Kier alpha value is -0.640.